The van der Waals surface area contributed by atoms with Crippen LogP contribution in [0.5, 0.6) is 0 Å². The molecule has 0 radical (unpaired) electrons. The van der Waals surface area contributed by atoms with E-state index in [-0.39, 0.29) is 5.97 Å². The molecule has 0 bridgehead atoms. The number of carbonyl (C=O) groups is 1. The van der Waals surface area contributed by atoms with Crippen molar-refractivity contribution in [1.29, 1.82) is 0 Å². The molecule has 0 spiro atoms. The highest BCUT2D eigenvalue weighted by Gasteiger charge is 2.28. The predicted molar refractivity (Wildman–Crippen MR) is 61.5 cm³/mol. The Hall–Kier alpha value is -0.220. The van der Waals surface area contributed by atoms with Crippen molar-refractivity contribution in [2.45, 2.75) is 38.6 Å². The maximum absolute atomic E-state index is 11.4. The average Bonchev–Trinajstić information content (AvgIpc) is 2.13. The van der Waals surface area contributed by atoms with Crippen molar-refractivity contribution < 1.29 is 9.53 Å². The third-order valence-corrected chi connectivity index (χ3v) is 2.73. The third kappa shape index (κ3) is 5.50. The summed E-state index contributed by atoms with van der Waals surface area (Å²) in [5.41, 5.74) is 5.04. The fraction of sp³-hybridized carbons (Fsp3) is 0.900. The summed E-state index contributed by atoms with van der Waals surface area (Å²) in [6.07, 6.45) is 4.86. The standard InChI is InChI=1S/C10H21NO2S/c1-4-13-9(12)10(2,11)7-5-6-8-14-3/h4-8,11H2,1-3H3. The lowest BCUT2D eigenvalue weighted by molar-refractivity contribution is -0.149. The van der Waals surface area contributed by atoms with Crippen LogP contribution in [0.25, 0.3) is 0 Å². The van der Waals surface area contributed by atoms with Gasteiger partial charge in [-0.25, -0.2) is 0 Å². The summed E-state index contributed by atoms with van der Waals surface area (Å²) >= 11 is 1.81. The van der Waals surface area contributed by atoms with Crippen LogP contribution < -0.4 is 5.73 Å². The van der Waals surface area contributed by atoms with Crippen molar-refractivity contribution in [2.75, 3.05) is 18.6 Å². The van der Waals surface area contributed by atoms with Gasteiger partial charge in [-0.2, -0.15) is 11.8 Å². The van der Waals surface area contributed by atoms with Crippen LogP contribution >= 0.6 is 11.8 Å². The van der Waals surface area contributed by atoms with Crippen LogP contribution in [-0.2, 0) is 9.53 Å². The zero-order valence-corrected chi connectivity index (χ0v) is 10.2. The van der Waals surface area contributed by atoms with Crippen molar-refractivity contribution in [3.05, 3.63) is 0 Å². The van der Waals surface area contributed by atoms with E-state index in [1.54, 1.807) is 13.8 Å². The number of hydrogen-bond acceptors (Lipinski definition) is 4. The van der Waals surface area contributed by atoms with Crippen molar-refractivity contribution in [3.8, 4) is 0 Å². The fourth-order valence-electron chi connectivity index (χ4n) is 1.14. The number of nitrogens with two attached hydrogens (primary N) is 1. The fourth-order valence-corrected chi connectivity index (χ4v) is 1.63. The first-order valence-corrected chi connectivity index (χ1v) is 6.39. The van der Waals surface area contributed by atoms with Gasteiger partial charge in [0.2, 0.25) is 0 Å². The first kappa shape index (κ1) is 13.8. The molecule has 0 aromatic heterocycles. The first-order valence-electron chi connectivity index (χ1n) is 4.99. The van der Waals surface area contributed by atoms with E-state index < -0.39 is 5.54 Å². The number of unbranched alkanes of at least 4 members (excludes halogenated alkanes) is 1. The average molecular weight is 219 g/mol. The molecule has 84 valence electrons. The van der Waals surface area contributed by atoms with Gasteiger partial charge in [-0.3, -0.25) is 4.79 Å². The predicted octanol–water partition coefficient (Wildman–Crippen LogP) is 1.80. The number of thioether (sulfide) groups is 1. The highest BCUT2D eigenvalue weighted by atomic mass is 32.2. The monoisotopic (exact) mass is 219 g/mol. The maximum Gasteiger partial charge on any atom is 0.325 e. The van der Waals surface area contributed by atoms with Crippen LogP contribution in [0.2, 0.25) is 0 Å². The molecule has 1 unspecified atom stereocenters. The van der Waals surface area contributed by atoms with Gasteiger partial charge < -0.3 is 10.5 Å². The lowest BCUT2D eigenvalue weighted by atomic mass is 9.96. The highest BCUT2D eigenvalue weighted by Crippen LogP contribution is 2.13. The molecule has 0 heterocycles. The molecule has 0 saturated carbocycles. The Morgan fingerprint density at radius 3 is 2.64 bits per heavy atom. The van der Waals surface area contributed by atoms with Crippen LogP contribution in [-0.4, -0.2) is 30.1 Å². The summed E-state index contributed by atoms with van der Waals surface area (Å²) < 4.78 is 4.89. The quantitative estimate of drug-likeness (QED) is 0.524. The summed E-state index contributed by atoms with van der Waals surface area (Å²) in [5.74, 6) is 0.836. The molecule has 0 aromatic carbocycles. The van der Waals surface area contributed by atoms with Crippen LogP contribution in [0.1, 0.15) is 33.1 Å². The molecule has 0 saturated heterocycles. The summed E-state index contributed by atoms with van der Waals surface area (Å²) in [6.45, 7) is 3.93. The van der Waals surface area contributed by atoms with E-state index in [4.69, 9.17) is 10.5 Å². The molecule has 0 aliphatic carbocycles. The smallest absolute Gasteiger partial charge is 0.325 e. The zero-order chi connectivity index (χ0) is 11.0. The van der Waals surface area contributed by atoms with Gasteiger partial charge in [-0.1, -0.05) is 6.42 Å². The molecule has 4 heteroatoms. The van der Waals surface area contributed by atoms with E-state index in [1.165, 1.54) is 0 Å². The molecule has 0 amide bonds. The van der Waals surface area contributed by atoms with E-state index in [1.807, 2.05) is 11.8 Å². The third-order valence-electron chi connectivity index (χ3n) is 2.04. The number of esters is 1. The van der Waals surface area contributed by atoms with Gasteiger partial charge in [-0.05, 0) is 38.7 Å². The first-order chi connectivity index (χ1) is 6.54. The molecule has 0 aliphatic heterocycles. The summed E-state index contributed by atoms with van der Waals surface area (Å²) in [5, 5.41) is 0. The topological polar surface area (TPSA) is 52.3 Å². The van der Waals surface area contributed by atoms with Crippen molar-refractivity contribution in [2.24, 2.45) is 5.73 Å². The minimum Gasteiger partial charge on any atom is -0.465 e. The van der Waals surface area contributed by atoms with Gasteiger partial charge in [0.25, 0.3) is 0 Å². The zero-order valence-electron chi connectivity index (χ0n) is 9.34. The van der Waals surface area contributed by atoms with E-state index in [0.29, 0.717) is 13.0 Å². The summed E-state index contributed by atoms with van der Waals surface area (Å²) in [7, 11) is 0. The van der Waals surface area contributed by atoms with Crippen LogP contribution in [0, 0.1) is 0 Å². The Morgan fingerprint density at radius 2 is 2.14 bits per heavy atom. The molecule has 0 aromatic rings. The minimum atomic E-state index is -0.811. The van der Waals surface area contributed by atoms with E-state index in [2.05, 4.69) is 6.26 Å². The van der Waals surface area contributed by atoms with E-state index >= 15 is 0 Å². The van der Waals surface area contributed by atoms with Gasteiger partial charge in [0.15, 0.2) is 0 Å². The SMILES string of the molecule is CCOC(=O)C(C)(N)CCCCSC. The second kappa shape index (κ2) is 7.12. The molecule has 0 aliphatic rings. The molecule has 0 rings (SSSR count). The molecular formula is C10H21NO2S. The molecule has 1 atom stereocenters. The van der Waals surface area contributed by atoms with Gasteiger partial charge in [-0.15, -0.1) is 0 Å². The van der Waals surface area contributed by atoms with Crippen LogP contribution in [0.15, 0.2) is 0 Å². The van der Waals surface area contributed by atoms with Crippen molar-refractivity contribution in [3.63, 3.8) is 0 Å². The van der Waals surface area contributed by atoms with E-state index in [0.717, 1.165) is 18.6 Å². The molecule has 2 N–H and O–H groups in total. The number of carbonyl (C=O) groups excluding carboxylic acids is 1. The van der Waals surface area contributed by atoms with Crippen LogP contribution in [0.4, 0.5) is 0 Å². The molecular weight excluding hydrogens is 198 g/mol. The van der Waals surface area contributed by atoms with Gasteiger partial charge >= 0.3 is 5.97 Å². The van der Waals surface area contributed by atoms with Gasteiger partial charge in [0.05, 0.1) is 6.61 Å². The molecule has 0 fully saturated rings. The molecule has 3 nitrogen and oxygen atoms in total. The lowest BCUT2D eigenvalue weighted by Gasteiger charge is -2.21. The van der Waals surface area contributed by atoms with Crippen molar-refractivity contribution in [1.82, 2.24) is 0 Å². The number of rotatable bonds is 7. The van der Waals surface area contributed by atoms with E-state index in [9.17, 15) is 4.79 Å². The Bertz CT molecular complexity index is 172. The highest BCUT2D eigenvalue weighted by molar-refractivity contribution is 7.98. The van der Waals surface area contributed by atoms with Gasteiger partial charge in [0.1, 0.15) is 5.54 Å². The summed E-state index contributed by atoms with van der Waals surface area (Å²) in [6, 6.07) is 0. The van der Waals surface area contributed by atoms with Crippen molar-refractivity contribution >= 4 is 17.7 Å². The Morgan fingerprint density at radius 1 is 1.50 bits per heavy atom. The molecule has 14 heavy (non-hydrogen) atoms. The van der Waals surface area contributed by atoms with Crippen LogP contribution in [0.3, 0.4) is 0 Å². The largest absolute Gasteiger partial charge is 0.465 e. The number of ether oxygens (including phenoxy) is 1. The van der Waals surface area contributed by atoms with Gasteiger partial charge in [0, 0.05) is 0 Å². The second-order valence-corrected chi connectivity index (χ2v) is 4.57. The Balaban J connectivity index is 3.76. The summed E-state index contributed by atoms with van der Waals surface area (Å²) in [4.78, 5) is 11.4. The minimum absolute atomic E-state index is 0.288. The normalized spacial score (nSPS) is 14.9. The Labute approximate surface area is 90.8 Å². The Kier molecular flexibility index (Phi) is 7.01. The maximum atomic E-state index is 11.4. The number of hydrogen-bond donors (Lipinski definition) is 1. The lowest BCUT2D eigenvalue weighted by Crippen LogP contribution is -2.46. The second-order valence-electron chi connectivity index (χ2n) is 3.59.